The molecule has 0 spiro atoms. The Morgan fingerprint density at radius 3 is 3.00 bits per heavy atom. The lowest BCUT2D eigenvalue weighted by molar-refractivity contribution is 0.415. The van der Waals surface area contributed by atoms with Gasteiger partial charge in [0.25, 0.3) is 0 Å². The normalized spacial score (nSPS) is 8.45. The Kier molecular flexibility index (Phi) is 2.36. The largest absolute Gasteiger partial charge is 0.497 e. The number of benzene rings is 1. The van der Waals surface area contributed by atoms with Crippen molar-refractivity contribution in [2.24, 2.45) is 5.11 Å². The number of ether oxygens (including phenoxy) is 1. The Bertz CT molecular complexity index is 291. The highest BCUT2D eigenvalue weighted by Crippen LogP contribution is 2.18. The van der Waals surface area contributed by atoms with Crippen LogP contribution >= 0.6 is 0 Å². The first-order valence-electron chi connectivity index (χ1n) is 3.06. The maximum Gasteiger partial charge on any atom is 0.119 e. The Morgan fingerprint density at radius 1 is 1.55 bits per heavy atom. The molecule has 0 aliphatic heterocycles. The van der Waals surface area contributed by atoms with Crippen LogP contribution in [0.3, 0.4) is 0 Å². The number of rotatable bonds is 2. The SMILES string of the molecule is COc1cccc(N=[N+]=[N-])c1. The molecule has 0 heterocycles. The van der Waals surface area contributed by atoms with E-state index in [1.165, 1.54) is 0 Å². The van der Waals surface area contributed by atoms with Gasteiger partial charge in [-0.2, -0.15) is 0 Å². The van der Waals surface area contributed by atoms with Crippen molar-refractivity contribution in [3.8, 4) is 5.75 Å². The Morgan fingerprint density at radius 2 is 2.36 bits per heavy atom. The maximum absolute atomic E-state index is 8.10. The van der Waals surface area contributed by atoms with Gasteiger partial charge < -0.3 is 4.74 Å². The highest BCUT2D eigenvalue weighted by atomic mass is 16.5. The summed E-state index contributed by atoms with van der Waals surface area (Å²) in [6.07, 6.45) is 0. The Balaban J connectivity index is 3.00. The van der Waals surface area contributed by atoms with Crippen molar-refractivity contribution >= 4 is 5.69 Å². The molecule has 0 aromatic heterocycles. The van der Waals surface area contributed by atoms with E-state index in [2.05, 4.69) is 10.0 Å². The van der Waals surface area contributed by atoms with Gasteiger partial charge in [-0.1, -0.05) is 17.2 Å². The molecule has 0 saturated carbocycles. The summed E-state index contributed by atoms with van der Waals surface area (Å²) >= 11 is 0. The van der Waals surface area contributed by atoms with Crippen LogP contribution in [-0.2, 0) is 0 Å². The molecule has 11 heavy (non-hydrogen) atoms. The Labute approximate surface area is 64.0 Å². The van der Waals surface area contributed by atoms with Crippen molar-refractivity contribution in [1.29, 1.82) is 0 Å². The molecule has 0 unspecified atom stereocenters. The average Bonchev–Trinajstić information content (AvgIpc) is 2.06. The smallest absolute Gasteiger partial charge is 0.119 e. The molecular formula is C7H7N3O. The van der Waals surface area contributed by atoms with Crippen LogP contribution in [0.1, 0.15) is 0 Å². The van der Waals surface area contributed by atoms with Crippen molar-refractivity contribution in [1.82, 2.24) is 0 Å². The third kappa shape index (κ3) is 1.88. The zero-order valence-corrected chi connectivity index (χ0v) is 6.06. The zero-order valence-electron chi connectivity index (χ0n) is 6.06. The highest BCUT2D eigenvalue weighted by molar-refractivity contribution is 5.42. The van der Waals surface area contributed by atoms with Crippen molar-refractivity contribution < 1.29 is 4.74 Å². The van der Waals surface area contributed by atoms with E-state index in [9.17, 15) is 0 Å². The summed E-state index contributed by atoms with van der Waals surface area (Å²) in [5.74, 6) is 0.690. The van der Waals surface area contributed by atoms with E-state index in [0.717, 1.165) is 0 Å². The van der Waals surface area contributed by atoms with E-state index < -0.39 is 0 Å². The number of azide groups is 1. The predicted octanol–water partition coefficient (Wildman–Crippen LogP) is 2.64. The van der Waals surface area contributed by atoms with E-state index >= 15 is 0 Å². The lowest BCUT2D eigenvalue weighted by atomic mass is 10.3. The Hall–Kier alpha value is -1.67. The molecule has 0 radical (unpaired) electrons. The first kappa shape index (κ1) is 7.44. The first-order valence-corrected chi connectivity index (χ1v) is 3.06. The van der Waals surface area contributed by atoms with Gasteiger partial charge in [0.2, 0.25) is 0 Å². The molecule has 56 valence electrons. The molecule has 1 rings (SSSR count). The van der Waals surface area contributed by atoms with Gasteiger partial charge in [-0.3, -0.25) is 0 Å². The summed E-state index contributed by atoms with van der Waals surface area (Å²) in [5, 5.41) is 3.42. The van der Waals surface area contributed by atoms with Gasteiger partial charge in [0.1, 0.15) is 5.75 Å². The van der Waals surface area contributed by atoms with Gasteiger partial charge in [0.15, 0.2) is 0 Å². The minimum Gasteiger partial charge on any atom is -0.497 e. The average molecular weight is 149 g/mol. The summed E-state index contributed by atoms with van der Waals surface area (Å²) in [5.41, 5.74) is 8.66. The molecule has 0 atom stereocenters. The molecule has 4 nitrogen and oxygen atoms in total. The molecule has 1 aromatic rings. The van der Waals surface area contributed by atoms with Crippen molar-refractivity contribution in [2.45, 2.75) is 0 Å². The second-order valence-corrected chi connectivity index (χ2v) is 1.89. The summed E-state index contributed by atoms with van der Waals surface area (Å²) in [6, 6.07) is 6.93. The lowest BCUT2D eigenvalue weighted by Gasteiger charge is -1.97. The van der Waals surface area contributed by atoms with Crippen molar-refractivity contribution in [2.75, 3.05) is 7.11 Å². The molecule has 0 bridgehead atoms. The second kappa shape index (κ2) is 3.49. The van der Waals surface area contributed by atoms with Gasteiger partial charge in [0, 0.05) is 10.6 Å². The number of methoxy groups -OCH3 is 1. The van der Waals surface area contributed by atoms with Gasteiger partial charge >= 0.3 is 0 Å². The molecule has 4 heteroatoms. The maximum atomic E-state index is 8.10. The number of hydrogen-bond donors (Lipinski definition) is 0. The molecular weight excluding hydrogens is 142 g/mol. The number of nitrogens with zero attached hydrogens (tertiary/aromatic N) is 3. The van der Waals surface area contributed by atoms with Gasteiger partial charge in [-0.05, 0) is 17.7 Å². The topological polar surface area (TPSA) is 58.0 Å². The van der Waals surface area contributed by atoms with Crippen LogP contribution in [0.5, 0.6) is 5.75 Å². The van der Waals surface area contributed by atoms with Crippen LogP contribution in [-0.4, -0.2) is 7.11 Å². The van der Waals surface area contributed by atoms with Crippen LogP contribution < -0.4 is 4.74 Å². The molecule has 0 aliphatic rings. The second-order valence-electron chi connectivity index (χ2n) is 1.89. The molecule has 0 aliphatic carbocycles. The van der Waals surface area contributed by atoms with Crippen LogP contribution in [0.15, 0.2) is 29.4 Å². The molecule has 0 N–H and O–H groups in total. The van der Waals surface area contributed by atoms with Crippen LogP contribution in [0, 0.1) is 0 Å². The van der Waals surface area contributed by atoms with Crippen LogP contribution in [0.2, 0.25) is 0 Å². The third-order valence-corrected chi connectivity index (χ3v) is 1.21. The highest BCUT2D eigenvalue weighted by Gasteiger charge is 1.90. The van der Waals surface area contributed by atoms with Crippen LogP contribution in [0.25, 0.3) is 10.4 Å². The van der Waals surface area contributed by atoms with E-state index in [4.69, 9.17) is 10.3 Å². The molecule has 0 amide bonds. The fourth-order valence-electron chi connectivity index (χ4n) is 0.724. The van der Waals surface area contributed by atoms with E-state index in [1.54, 1.807) is 31.4 Å². The number of hydrogen-bond acceptors (Lipinski definition) is 2. The molecule has 1 aromatic carbocycles. The van der Waals surface area contributed by atoms with Gasteiger partial charge in [-0.25, -0.2) is 0 Å². The van der Waals surface area contributed by atoms with E-state index in [-0.39, 0.29) is 0 Å². The fraction of sp³-hybridized carbons (Fsp3) is 0.143. The van der Waals surface area contributed by atoms with E-state index in [1.807, 2.05) is 0 Å². The molecule has 0 saturated heterocycles. The van der Waals surface area contributed by atoms with Crippen LogP contribution in [0.4, 0.5) is 5.69 Å². The summed E-state index contributed by atoms with van der Waals surface area (Å²) in [7, 11) is 1.56. The quantitative estimate of drug-likeness (QED) is 0.362. The first-order chi connectivity index (χ1) is 5.36. The monoisotopic (exact) mass is 149 g/mol. The lowest BCUT2D eigenvalue weighted by Crippen LogP contribution is -1.79. The standard InChI is InChI=1S/C7H7N3O/c1-11-7-4-2-3-6(5-7)9-10-8/h2-5H,1H3. The van der Waals surface area contributed by atoms with E-state index in [0.29, 0.717) is 11.4 Å². The molecule has 0 fully saturated rings. The summed E-state index contributed by atoms with van der Waals surface area (Å²) in [4.78, 5) is 2.65. The zero-order chi connectivity index (χ0) is 8.10. The van der Waals surface area contributed by atoms with Gasteiger partial charge in [0.05, 0.1) is 7.11 Å². The minimum atomic E-state index is 0.562. The third-order valence-electron chi connectivity index (χ3n) is 1.21. The summed E-state index contributed by atoms with van der Waals surface area (Å²) < 4.78 is 4.92. The minimum absolute atomic E-state index is 0.562. The van der Waals surface area contributed by atoms with Crippen molar-refractivity contribution in [3.63, 3.8) is 0 Å². The summed E-state index contributed by atoms with van der Waals surface area (Å²) in [6.45, 7) is 0. The fourth-order valence-corrected chi connectivity index (χ4v) is 0.724. The van der Waals surface area contributed by atoms with Crippen molar-refractivity contribution in [3.05, 3.63) is 34.7 Å². The predicted molar refractivity (Wildman–Crippen MR) is 41.8 cm³/mol. The van der Waals surface area contributed by atoms with Gasteiger partial charge in [-0.15, -0.1) is 0 Å².